The molecule has 1 aromatic rings. The van der Waals surface area contributed by atoms with Gasteiger partial charge in [-0.05, 0) is 39.2 Å². The molecule has 0 saturated heterocycles. The molecule has 7 heteroatoms. The first-order valence-corrected chi connectivity index (χ1v) is 9.54. The Hall–Kier alpha value is -2.41. The Balaban J connectivity index is 2.84. The summed E-state index contributed by atoms with van der Waals surface area (Å²) in [6.07, 6.45) is 0.285. The highest BCUT2D eigenvalue weighted by Gasteiger charge is 2.29. The van der Waals surface area contributed by atoms with Crippen molar-refractivity contribution in [2.24, 2.45) is 11.7 Å². The molecule has 0 aromatic heterocycles. The fraction of sp³-hybridized carbons (Fsp3) is 0.571. The van der Waals surface area contributed by atoms with E-state index in [0.717, 1.165) is 5.56 Å². The van der Waals surface area contributed by atoms with Crippen LogP contribution >= 0.6 is 0 Å². The summed E-state index contributed by atoms with van der Waals surface area (Å²) in [5.41, 5.74) is 6.02. The number of rotatable bonds is 8. The highest BCUT2D eigenvalue weighted by Crippen LogP contribution is 2.12. The zero-order valence-electron chi connectivity index (χ0n) is 17.6. The lowest BCUT2D eigenvalue weighted by Gasteiger charge is -2.26. The highest BCUT2D eigenvalue weighted by atomic mass is 16.6. The monoisotopic (exact) mass is 391 g/mol. The van der Waals surface area contributed by atoms with Crippen LogP contribution in [0.4, 0.5) is 0 Å². The number of carbonyl (C=O) groups excluding carboxylic acids is 3. The smallest absolute Gasteiger partial charge is 0.329 e. The SMILES string of the molecule is CC(C)[C@@H](N)C(=O)N[C@H](C)C(=O)N[C@H](Cc1ccccc1)C(=O)OC(C)(C)C. The third-order valence-corrected chi connectivity index (χ3v) is 4.06. The molecular formula is C21H33N3O4. The first-order valence-electron chi connectivity index (χ1n) is 9.54. The fourth-order valence-corrected chi connectivity index (χ4v) is 2.39. The van der Waals surface area contributed by atoms with E-state index in [9.17, 15) is 14.4 Å². The molecule has 0 aliphatic heterocycles. The van der Waals surface area contributed by atoms with Crippen LogP contribution in [0, 0.1) is 5.92 Å². The van der Waals surface area contributed by atoms with Gasteiger partial charge in [-0.15, -0.1) is 0 Å². The number of hydrogen-bond donors (Lipinski definition) is 3. The normalized spacial score (nSPS) is 14.7. The first-order chi connectivity index (χ1) is 12.9. The molecule has 0 saturated carbocycles. The molecule has 0 bridgehead atoms. The number of ether oxygens (including phenoxy) is 1. The predicted octanol–water partition coefficient (Wildman–Crippen LogP) is 1.54. The Morgan fingerprint density at radius 1 is 1.00 bits per heavy atom. The fourth-order valence-electron chi connectivity index (χ4n) is 2.39. The molecule has 0 aliphatic rings. The topological polar surface area (TPSA) is 111 Å². The second-order valence-corrected chi connectivity index (χ2v) is 8.28. The Kier molecular flexibility index (Phi) is 8.63. The number of hydrogen-bond acceptors (Lipinski definition) is 5. The average molecular weight is 392 g/mol. The molecule has 156 valence electrons. The van der Waals surface area contributed by atoms with Gasteiger partial charge in [0.2, 0.25) is 11.8 Å². The van der Waals surface area contributed by atoms with Gasteiger partial charge in [-0.1, -0.05) is 44.2 Å². The molecule has 1 rings (SSSR count). The molecule has 0 heterocycles. The van der Waals surface area contributed by atoms with Crippen molar-refractivity contribution in [2.45, 2.75) is 71.7 Å². The molecular weight excluding hydrogens is 358 g/mol. The van der Waals surface area contributed by atoms with E-state index in [0.29, 0.717) is 0 Å². The van der Waals surface area contributed by atoms with E-state index in [1.54, 1.807) is 27.7 Å². The van der Waals surface area contributed by atoms with E-state index in [4.69, 9.17) is 10.5 Å². The number of carbonyl (C=O) groups is 3. The van der Waals surface area contributed by atoms with Crippen molar-refractivity contribution in [1.82, 2.24) is 10.6 Å². The molecule has 0 radical (unpaired) electrons. The van der Waals surface area contributed by atoms with Crippen LogP contribution in [-0.2, 0) is 25.5 Å². The molecule has 0 aliphatic carbocycles. The van der Waals surface area contributed by atoms with E-state index in [-0.39, 0.29) is 12.3 Å². The highest BCUT2D eigenvalue weighted by molar-refractivity contribution is 5.91. The van der Waals surface area contributed by atoms with Crippen LogP contribution in [0.1, 0.15) is 47.1 Å². The molecule has 0 unspecified atom stereocenters. The summed E-state index contributed by atoms with van der Waals surface area (Å²) < 4.78 is 5.44. The number of benzene rings is 1. The van der Waals surface area contributed by atoms with Crippen molar-refractivity contribution in [1.29, 1.82) is 0 Å². The van der Waals surface area contributed by atoms with Crippen molar-refractivity contribution in [3.63, 3.8) is 0 Å². The van der Waals surface area contributed by atoms with Crippen molar-refractivity contribution in [3.05, 3.63) is 35.9 Å². The van der Waals surface area contributed by atoms with Gasteiger partial charge in [0, 0.05) is 6.42 Å². The third-order valence-electron chi connectivity index (χ3n) is 4.06. The quantitative estimate of drug-likeness (QED) is 0.582. The Morgan fingerprint density at radius 2 is 1.57 bits per heavy atom. The molecule has 2 amide bonds. The van der Waals surface area contributed by atoms with E-state index < -0.39 is 41.5 Å². The minimum absolute atomic E-state index is 0.0529. The van der Waals surface area contributed by atoms with Crippen LogP contribution in [0.3, 0.4) is 0 Å². The lowest BCUT2D eigenvalue weighted by atomic mass is 10.0. The van der Waals surface area contributed by atoms with Crippen LogP contribution in [0.15, 0.2) is 30.3 Å². The van der Waals surface area contributed by atoms with Crippen molar-refractivity contribution in [3.8, 4) is 0 Å². The molecule has 1 aromatic carbocycles. The maximum absolute atomic E-state index is 12.6. The molecule has 3 atom stereocenters. The molecule has 4 N–H and O–H groups in total. The van der Waals surface area contributed by atoms with Crippen LogP contribution < -0.4 is 16.4 Å². The minimum atomic E-state index is -0.868. The van der Waals surface area contributed by atoms with Gasteiger partial charge in [0.05, 0.1) is 6.04 Å². The summed E-state index contributed by atoms with van der Waals surface area (Å²) in [4.78, 5) is 37.3. The summed E-state index contributed by atoms with van der Waals surface area (Å²) in [6.45, 7) is 10.5. The Bertz CT molecular complexity index is 668. The van der Waals surface area contributed by atoms with Gasteiger partial charge in [0.25, 0.3) is 0 Å². The first kappa shape index (κ1) is 23.6. The molecule has 0 fully saturated rings. The van der Waals surface area contributed by atoms with Gasteiger partial charge in [-0.25, -0.2) is 4.79 Å². The van der Waals surface area contributed by atoms with Crippen molar-refractivity contribution in [2.75, 3.05) is 0 Å². The maximum Gasteiger partial charge on any atom is 0.329 e. The number of amides is 2. The van der Waals surface area contributed by atoms with Crippen LogP contribution in [0.2, 0.25) is 0 Å². The number of esters is 1. The van der Waals surface area contributed by atoms with Gasteiger partial charge < -0.3 is 21.1 Å². The van der Waals surface area contributed by atoms with Crippen LogP contribution in [-0.4, -0.2) is 41.5 Å². The van der Waals surface area contributed by atoms with Crippen LogP contribution in [0.25, 0.3) is 0 Å². The van der Waals surface area contributed by atoms with Gasteiger partial charge in [-0.2, -0.15) is 0 Å². The maximum atomic E-state index is 12.6. The number of nitrogens with one attached hydrogen (secondary N) is 2. The van der Waals surface area contributed by atoms with Gasteiger partial charge >= 0.3 is 5.97 Å². The standard InChI is InChI=1S/C21H33N3O4/c1-13(2)17(22)19(26)23-14(3)18(25)24-16(20(27)28-21(4,5)6)12-15-10-8-7-9-11-15/h7-11,13-14,16-17H,12,22H2,1-6H3,(H,23,26)(H,24,25)/t14-,16-,17-/m1/s1. The number of nitrogens with two attached hydrogens (primary N) is 1. The van der Waals surface area contributed by atoms with E-state index in [1.807, 2.05) is 44.2 Å². The summed E-state index contributed by atoms with van der Waals surface area (Å²) in [7, 11) is 0. The third kappa shape index (κ3) is 8.08. The average Bonchev–Trinajstić information content (AvgIpc) is 2.59. The minimum Gasteiger partial charge on any atom is -0.458 e. The zero-order chi connectivity index (χ0) is 21.5. The zero-order valence-corrected chi connectivity index (χ0v) is 17.6. The van der Waals surface area contributed by atoms with Crippen LogP contribution in [0.5, 0.6) is 0 Å². The predicted molar refractivity (Wildman–Crippen MR) is 108 cm³/mol. The molecule has 28 heavy (non-hydrogen) atoms. The summed E-state index contributed by atoms with van der Waals surface area (Å²) in [5.74, 6) is -1.46. The largest absolute Gasteiger partial charge is 0.458 e. The Labute approximate surface area is 167 Å². The lowest BCUT2D eigenvalue weighted by molar-refractivity contribution is -0.158. The summed E-state index contributed by atoms with van der Waals surface area (Å²) in [5, 5.41) is 5.28. The van der Waals surface area contributed by atoms with E-state index in [1.165, 1.54) is 0 Å². The summed E-state index contributed by atoms with van der Waals surface area (Å²) in [6, 6.07) is 6.93. The molecule has 0 spiro atoms. The van der Waals surface area contributed by atoms with E-state index >= 15 is 0 Å². The van der Waals surface area contributed by atoms with Gasteiger partial charge in [0.1, 0.15) is 17.7 Å². The second-order valence-electron chi connectivity index (χ2n) is 8.28. The Morgan fingerprint density at radius 3 is 2.07 bits per heavy atom. The lowest BCUT2D eigenvalue weighted by Crippen LogP contribution is -2.55. The molecule has 7 nitrogen and oxygen atoms in total. The van der Waals surface area contributed by atoms with Crippen molar-refractivity contribution < 1.29 is 19.1 Å². The second kappa shape index (κ2) is 10.2. The van der Waals surface area contributed by atoms with Crippen molar-refractivity contribution >= 4 is 17.8 Å². The van der Waals surface area contributed by atoms with Gasteiger partial charge in [0.15, 0.2) is 0 Å². The van der Waals surface area contributed by atoms with E-state index in [2.05, 4.69) is 10.6 Å². The van der Waals surface area contributed by atoms with Gasteiger partial charge in [-0.3, -0.25) is 9.59 Å². The summed E-state index contributed by atoms with van der Waals surface area (Å²) >= 11 is 0.